The van der Waals surface area contributed by atoms with Crippen molar-refractivity contribution < 1.29 is 0 Å². The molecular formula is C15H20N2S. The lowest BCUT2D eigenvalue weighted by molar-refractivity contribution is 0.593. The standard InChI is InChI=1S/C15H20N2S/c1-16-15(9-12-7-8-18-11-12)13-5-4-6-14(10-13)17(2)3/h4-8,10-11,15-16H,9H2,1-3H3. The molecule has 18 heavy (non-hydrogen) atoms. The summed E-state index contributed by atoms with van der Waals surface area (Å²) in [5, 5.41) is 7.77. The smallest absolute Gasteiger partial charge is 0.0364 e. The first-order chi connectivity index (χ1) is 8.70. The van der Waals surface area contributed by atoms with Gasteiger partial charge in [-0.25, -0.2) is 0 Å². The van der Waals surface area contributed by atoms with E-state index in [1.54, 1.807) is 11.3 Å². The Morgan fingerprint density at radius 2 is 2.11 bits per heavy atom. The van der Waals surface area contributed by atoms with Gasteiger partial charge in [-0.1, -0.05) is 12.1 Å². The number of nitrogens with zero attached hydrogens (tertiary/aromatic N) is 1. The van der Waals surface area contributed by atoms with Crippen molar-refractivity contribution in [3.05, 3.63) is 52.2 Å². The Labute approximate surface area is 113 Å². The molecule has 0 radical (unpaired) electrons. The average molecular weight is 260 g/mol. The van der Waals surface area contributed by atoms with Gasteiger partial charge in [0.2, 0.25) is 0 Å². The van der Waals surface area contributed by atoms with E-state index in [1.165, 1.54) is 16.8 Å². The minimum atomic E-state index is 0.375. The monoisotopic (exact) mass is 260 g/mol. The summed E-state index contributed by atoms with van der Waals surface area (Å²) in [6.07, 6.45) is 1.04. The lowest BCUT2D eigenvalue weighted by atomic mass is 10.00. The van der Waals surface area contributed by atoms with Crippen LogP contribution in [0.1, 0.15) is 17.2 Å². The fourth-order valence-electron chi connectivity index (χ4n) is 2.05. The van der Waals surface area contributed by atoms with Gasteiger partial charge in [0.05, 0.1) is 0 Å². The van der Waals surface area contributed by atoms with Gasteiger partial charge in [0, 0.05) is 25.8 Å². The van der Waals surface area contributed by atoms with Crippen molar-refractivity contribution >= 4 is 17.0 Å². The molecule has 0 bridgehead atoms. The first kappa shape index (κ1) is 13.1. The molecular weight excluding hydrogens is 240 g/mol. The first-order valence-electron chi connectivity index (χ1n) is 6.16. The lowest BCUT2D eigenvalue weighted by Crippen LogP contribution is -2.19. The summed E-state index contributed by atoms with van der Waals surface area (Å²) < 4.78 is 0. The minimum absolute atomic E-state index is 0.375. The second-order valence-electron chi connectivity index (χ2n) is 4.67. The zero-order valence-corrected chi connectivity index (χ0v) is 12.0. The summed E-state index contributed by atoms with van der Waals surface area (Å²) >= 11 is 1.76. The molecule has 1 heterocycles. The number of rotatable bonds is 5. The molecule has 2 aromatic rings. The predicted octanol–water partition coefficient (Wildman–Crippen LogP) is 3.32. The summed E-state index contributed by atoms with van der Waals surface area (Å²) in [4.78, 5) is 2.14. The SMILES string of the molecule is CNC(Cc1ccsc1)c1cccc(N(C)C)c1. The Morgan fingerprint density at radius 1 is 1.28 bits per heavy atom. The first-order valence-corrected chi connectivity index (χ1v) is 7.10. The van der Waals surface area contributed by atoms with Crippen LogP contribution in [0.5, 0.6) is 0 Å². The summed E-state index contributed by atoms with van der Waals surface area (Å²) in [6.45, 7) is 0. The molecule has 1 aromatic carbocycles. The maximum Gasteiger partial charge on any atom is 0.0364 e. The van der Waals surface area contributed by atoms with Gasteiger partial charge in [-0.3, -0.25) is 0 Å². The van der Waals surface area contributed by atoms with Gasteiger partial charge in [0.1, 0.15) is 0 Å². The molecule has 0 saturated heterocycles. The van der Waals surface area contributed by atoms with E-state index in [-0.39, 0.29) is 0 Å². The molecule has 0 aliphatic heterocycles. The Bertz CT molecular complexity index is 477. The summed E-state index contributed by atoms with van der Waals surface area (Å²) in [6, 6.07) is 11.3. The van der Waals surface area contributed by atoms with Crippen LogP contribution in [0.25, 0.3) is 0 Å². The van der Waals surface area contributed by atoms with Crippen molar-refractivity contribution in [3.8, 4) is 0 Å². The zero-order chi connectivity index (χ0) is 13.0. The molecule has 2 nitrogen and oxygen atoms in total. The van der Waals surface area contributed by atoms with Gasteiger partial charge in [-0.2, -0.15) is 11.3 Å². The highest BCUT2D eigenvalue weighted by Crippen LogP contribution is 2.23. The van der Waals surface area contributed by atoms with Crippen LogP contribution in [0.4, 0.5) is 5.69 Å². The van der Waals surface area contributed by atoms with Gasteiger partial charge in [-0.05, 0) is 53.6 Å². The molecule has 0 fully saturated rings. The maximum atomic E-state index is 3.41. The van der Waals surface area contributed by atoms with E-state index in [0.717, 1.165) is 6.42 Å². The Kier molecular flexibility index (Phi) is 4.39. The molecule has 1 N–H and O–H groups in total. The molecule has 0 aliphatic carbocycles. The van der Waals surface area contributed by atoms with Crippen LogP contribution in [0.3, 0.4) is 0 Å². The molecule has 0 aliphatic rings. The van der Waals surface area contributed by atoms with E-state index in [2.05, 4.69) is 65.4 Å². The molecule has 1 unspecified atom stereocenters. The van der Waals surface area contributed by atoms with E-state index >= 15 is 0 Å². The van der Waals surface area contributed by atoms with Crippen LogP contribution < -0.4 is 10.2 Å². The van der Waals surface area contributed by atoms with Gasteiger partial charge >= 0.3 is 0 Å². The van der Waals surface area contributed by atoms with Crippen molar-refractivity contribution in [2.45, 2.75) is 12.5 Å². The Hall–Kier alpha value is -1.32. The topological polar surface area (TPSA) is 15.3 Å². The van der Waals surface area contributed by atoms with E-state index < -0.39 is 0 Å². The second-order valence-corrected chi connectivity index (χ2v) is 5.45. The molecule has 0 saturated carbocycles. The Balaban J connectivity index is 2.19. The van der Waals surface area contributed by atoms with Crippen molar-refractivity contribution in [3.63, 3.8) is 0 Å². The number of benzene rings is 1. The highest BCUT2D eigenvalue weighted by atomic mass is 32.1. The lowest BCUT2D eigenvalue weighted by Gasteiger charge is -2.19. The van der Waals surface area contributed by atoms with E-state index in [9.17, 15) is 0 Å². The maximum absolute atomic E-state index is 3.41. The number of likely N-dealkylation sites (N-methyl/N-ethyl adjacent to an activating group) is 1. The van der Waals surface area contributed by atoms with Crippen LogP contribution in [-0.2, 0) is 6.42 Å². The second kappa shape index (κ2) is 6.03. The van der Waals surface area contributed by atoms with Gasteiger partial charge in [-0.15, -0.1) is 0 Å². The highest BCUT2D eigenvalue weighted by Gasteiger charge is 2.11. The van der Waals surface area contributed by atoms with Crippen molar-refractivity contribution in [2.75, 3.05) is 26.0 Å². The van der Waals surface area contributed by atoms with E-state index in [1.807, 2.05) is 7.05 Å². The fraction of sp³-hybridized carbons (Fsp3) is 0.333. The number of hydrogen-bond donors (Lipinski definition) is 1. The third-order valence-electron chi connectivity index (χ3n) is 3.16. The number of anilines is 1. The van der Waals surface area contributed by atoms with Crippen molar-refractivity contribution in [1.29, 1.82) is 0 Å². The molecule has 1 aromatic heterocycles. The third kappa shape index (κ3) is 3.12. The van der Waals surface area contributed by atoms with E-state index in [4.69, 9.17) is 0 Å². The van der Waals surface area contributed by atoms with Gasteiger partial charge in [0.15, 0.2) is 0 Å². The molecule has 1 atom stereocenters. The molecule has 0 amide bonds. The Morgan fingerprint density at radius 3 is 2.72 bits per heavy atom. The van der Waals surface area contributed by atoms with Crippen LogP contribution in [0.2, 0.25) is 0 Å². The number of nitrogens with one attached hydrogen (secondary N) is 1. The van der Waals surface area contributed by atoms with E-state index in [0.29, 0.717) is 6.04 Å². The molecule has 2 rings (SSSR count). The van der Waals surface area contributed by atoms with Crippen LogP contribution in [0, 0.1) is 0 Å². The quantitative estimate of drug-likeness (QED) is 0.887. The largest absolute Gasteiger partial charge is 0.378 e. The van der Waals surface area contributed by atoms with Crippen molar-refractivity contribution in [2.24, 2.45) is 0 Å². The third-order valence-corrected chi connectivity index (χ3v) is 3.89. The average Bonchev–Trinajstić information content (AvgIpc) is 2.89. The minimum Gasteiger partial charge on any atom is -0.378 e. The normalized spacial score (nSPS) is 12.4. The van der Waals surface area contributed by atoms with Gasteiger partial charge in [0.25, 0.3) is 0 Å². The summed E-state index contributed by atoms with van der Waals surface area (Å²) in [5.41, 5.74) is 3.99. The highest BCUT2D eigenvalue weighted by molar-refractivity contribution is 7.07. The molecule has 0 spiro atoms. The molecule has 96 valence electrons. The van der Waals surface area contributed by atoms with Crippen LogP contribution >= 0.6 is 11.3 Å². The summed E-state index contributed by atoms with van der Waals surface area (Å²) in [5.74, 6) is 0. The van der Waals surface area contributed by atoms with Crippen molar-refractivity contribution in [1.82, 2.24) is 5.32 Å². The number of hydrogen-bond acceptors (Lipinski definition) is 3. The molecule has 3 heteroatoms. The van der Waals surface area contributed by atoms with Crippen LogP contribution in [0.15, 0.2) is 41.1 Å². The fourth-order valence-corrected chi connectivity index (χ4v) is 2.73. The number of thiophene rings is 1. The predicted molar refractivity (Wildman–Crippen MR) is 80.6 cm³/mol. The summed E-state index contributed by atoms with van der Waals surface area (Å²) in [7, 11) is 6.18. The van der Waals surface area contributed by atoms with Crippen LogP contribution in [-0.4, -0.2) is 21.1 Å². The zero-order valence-electron chi connectivity index (χ0n) is 11.2. The van der Waals surface area contributed by atoms with Gasteiger partial charge < -0.3 is 10.2 Å².